The molecule has 0 fully saturated rings. The third kappa shape index (κ3) is 2.24. The molecule has 0 atom stereocenters. The molecule has 17 heavy (non-hydrogen) atoms. The number of halogens is 4. The van der Waals surface area contributed by atoms with Gasteiger partial charge in [-0.05, 0) is 24.3 Å². The van der Waals surface area contributed by atoms with E-state index in [0.29, 0.717) is 6.07 Å². The standard InChI is InChI=1S/C11H6ClF3O2/c12-8-5-6(11(13,14)15)4-7(10(8)16)9-2-1-3-17-9/h1-5,16H. The minimum absolute atomic E-state index is 0.0881. The Bertz CT molecular complexity index is 532. The molecule has 1 heterocycles. The molecule has 0 saturated heterocycles. The van der Waals surface area contributed by atoms with E-state index in [1.165, 1.54) is 18.4 Å². The van der Waals surface area contributed by atoms with Gasteiger partial charge in [0.05, 0.1) is 22.4 Å². The first kappa shape index (κ1) is 11.9. The number of aromatic hydroxyl groups is 1. The van der Waals surface area contributed by atoms with Crippen LogP contribution < -0.4 is 0 Å². The Hall–Kier alpha value is -1.62. The number of furan rings is 1. The SMILES string of the molecule is Oc1c(Cl)cc(C(F)(F)F)cc1-c1ccco1. The monoisotopic (exact) mass is 262 g/mol. The van der Waals surface area contributed by atoms with Crippen molar-refractivity contribution in [2.45, 2.75) is 6.18 Å². The Morgan fingerprint density at radius 1 is 1.24 bits per heavy atom. The van der Waals surface area contributed by atoms with Crippen molar-refractivity contribution in [2.75, 3.05) is 0 Å². The summed E-state index contributed by atoms with van der Waals surface area (Å²) in [4.78, 5) is 0. The van der Waals surface area contributed by atoms with E-state index in [4.69, 9.17) is 16.0 Å². The van der Waals surface area contributed by atoms with Gasteiger partial charge >= 0.3 is 6.18 Å². The van der Waals surface area contributed by atoms with Crippen molar-refractivity contribution < 1.29 is 22.7 Å². The molecule has 2 nitrogen and oxygen atoms in total. The van der Waals surface area contributed by atoms with Crippen molar-refractivity contribution in [1.29, 1.82) is 0 Å². The number of rotatable bonds is 1. The number of phenols is 1. The molecule has 6 heteroatoms. The van der Waals surface area contributed by atoms with E-state index in [2.05, 4.69) is 0 Å². The number of phenolic OH excluding ortho intramolecular Hbond substituents is 1. The molecule has 0 amide bonds. The van der Waals surface area contributed by atoms with Gasteiger partial charge in [-0.15, -0.1) is 0 Å². The zero-order valence-corrected chi connectivity index (χ0v) is 9.01. The van der Waals surface area contributed by atoms with Crippen LogP contribution in [0.3, 0.4) is 0 Å². The van der Waals surface area contributed by atoms with Crippen molar-refractivity contribution in [2.24, 2.45) is 0 Å². The van der Waals surface area contributed by atoms with E-state index in [1.807, 2.05) is 0 Å². The van der Waals surface area contributed by atoms with E-state index >= 15 is 0 Å². The first-order valence-electron chi connectivity index (χ1n) is 4.53. The predicted molar refractivity (Wildman–Crippen MR) is 55.8 cm³/mol. The molecule has 1 aromatic heterocycles. The van der Waals surface area contributed by atoms with Gasteiger partial charge in [0.2, 0.25) is 0 Å². The van der Waals surface area contributed by atoms with Crippen molar-refractivity contribution >= 4 is 11.6 Å². The van der Waals surface area contributed by atoms with Crippen LogP contribution in [0, 0.1) is 0 Å². The first-order chi connectivity index (χ1) is 7.89. The molecule has 2 aromatic rings. The van der Waals surface area contributed by atoms with Gasteiger partial charge in [-0.2, -0.15) is 13.2 Å². The highest BCUT2D eigenvalue weighted by atomic mass is 35.5. The molecule has 0 radical (unpaired) electrons. The fraction of sp³-hybridized carbons (Fsp3) is 0.0909. The molecular weight excluding hydrogens is 257 g/mol. The summed E-state index contributed by atoms with van der Waals surface area (Å²) in [5.41, 5.74) is -1.03. The summed E-state index contributed by atoms with van der Waals surface area (Å²) in [6, 6.07) is 4.40. The maximum absolute atomic E-state index is 12.6. The van der Waals surface area contributed by atoms with Gasteiger partial charge in [-0.25, -0.2) is 0 Å². The fourth-order valence-corrected chi connectivity index (χ4v) is 1.60. The van der Waals surface area contributed by atoms with Crippen LogP contribution in [0.25, 0.3) is 11.3 Å². The van der Waals surface area contributed by atoms with Gasteiger partial charge in [0.1, 0.15) is 11.5 Å². The van der Waals surface area contributed by atoms with Crippen LogP contribution in [0.5, 0.6) is 5.75 Å². The highest BCUT2D eigenvalue weighted by Crippen LogP contribution is 2.41. The summed E-state index contributed by atoms with van der Waals surface area (Å²) in [6.07, 6.45) is -3.23. The lowest BCUT2D eigenvalue weighted by atomic mass is 10.1. The lowest BCUT2D eigenvalue weighted by Gasteiger charge is -2.10. The Balaban J connectivity index is 2.64. The van der Waals surface area contributed by atoms with E-state index < -0.39 is 17.5 Å². The highest BCUT2D eigenvalue weighted by molar-refractivity contribution is 6.32. The lowest BCUT2D eigenvalue weighted by molar-refractivity contribution is -0.137. The van der Waals surface area contributed by atoms with Crippen LogP contribution in [0.4, 0.5) is 13.2 Å². The first-order valence-corrected chi connectivity index (χ1v) is 4.91. The molecule has 0 aliphatic carbocycles. The lowest BCUT2D eigenvalue weighted by Crippen LogP contribution is -2.05. The van der Waals surface area contributed by atoms with Crippen molar-refractivity contribution in [1.82, 2.24) is 0 Å². The average Bonchev–Trinajstić information content (AvgIpc) is 2.73. The van der Waals surface area contributed by atoms with E-state index in [1.54, 1.807) is 0 Å². The second kappa shape index (κ2) is 4.00. The van der Waals surface area contributed by atoms with Gasteiger partial charge < -0.3 is 9.52 Å². The largest absolute Gasteiger partial charge is 0.506 e. The molecule has 90 valence electrons. The summed E-state index contributed by atoms with van der Waals surface area (Å²) >= 11 is 5.55. The minimum atomic E-state index is -4.53. The summed E-state index contributed by atoms with van der Waals surface area (Å²) in [5.74, 6) is -0.315. The van der Waals surface area contributed by atoms with Crippen LogP contribution >= 0.6 is 11.6 Å². The van der Waals surface area contributed by atoms with Gasteiger partial charge in [0, 0.05) is 0 Å². The molecule has 0 aliphatic heterocycles. The van der Waals surface area contributed by atoms with Gasteiger partial charge in [-0.3, -0.25) is 0 Å². The number of hydrogen-bond acceptors (Lipinski definition) is 2. The minimum Gasteiger partial charge on any atom is -0.506 e. The number of benzene rings is 1. The van der Waals surface area contributed by atoms with Gasteiger partial charge in [0.15, 0.2) is 0 Å². The maximum atomic E-state index is 12.6. The van der Waals surface area contributed by atoms with Crippen molar-refractivity contribution in [3.05, 3.63) is 41.1 Å². The highest BCUT2D eigenvalue weighted by Gasteiger charge is 2.32. The summed E-state index contributed by atoms with van der Waals surface area (Å²) in [6.45, 7) is 0. The van der Waals surface area contributed by atoms with Gasteiger partial charge in [0.25, 0.3) is 0 Å². The van der Waals surface area contributed by atoms with E-state index in [0.717, 1.165) is 6.07 Å². The third-order valence-electron chi connectivity index (χ3n) is 2.18. The molecular formula is C11H6ClF3O2. The van der Waals surface area contributed by atoms with Crippen LogP contribution in [-0.4, -0.2) is 5.11 Å². The molecule has 0 unspecified atom stereocenters. The van der Waals surface area contributed by atoms with Crippen LogP contribution in [0.15, 0.2) is 34.9 Å². The zero-order valence-electron chi connectivity index (χ0n) is 8.25. The molecule has 0 saturated carbocycles. The second-order valence-corrected chi connectivity index (χ2v) is 3.74. The number of hydrogen-bond donors (Lipinski definition) is 1. The predicted octanol–water partition coefficient (Wildman–Crippen LogP) is 4.32. The topological polar surface area (TPSA) is 33.4 Å². The maximum Gasteiger partial charge on any atom is 0.416 e. The van der Waals surface area contributed by atoms with Crippen LogP contribution in [0.1, 0.15) is 5.56 Å². The Morgan fingerprint density at radius 3 is 2.47 bits per heavy atom. The zero-order chi connectivity index (χ0) is 12.6. The van der Waals surface area contributed by atoms with E-state index in [-0.39, 0.29) is 16.3 Å². The summed E-state index contributed by atoms with van der Waals surface area (Å²) < 4.78 is 42.6. The summed E-state index contributed by atoms with van der Waals surface area (Å²) in [5, 5.41) is 9.23. The van der Waals surface area contributed by atoms with Crippen molar-refractivity contribution in [3.8, 4) is 17.1 Å². The molecule has 1 aromatic carbocycles. The Morgan fingerprint density at radius 2 is 1.94 bits per heavy atom. The molecule has 0 bridgehead atoms. The molecule has 1 N–H and O–H groups in total. The van der Waals surface area contributed by atoms with E-state index in [9.17, 15) is 18.3 Å². The summed E-state index contributed by atoms with van der Waals surface area (Å²) in [7, 11) is 0. The van der Waals surface area contributed by atoms with Crippen molar-refractivity contribution in [3.63, 3.8) is 0 Å². The van der Waals surface area contributed by atoms with Crippen LogP contribution in [0.2, 0.25) is 5.02 Å². The Kier molecular flexibility index (Phi) is 2.79. The number of alkyl halides is 3. The Labute approximate surface area is 99.2 Å². The quantitative estimate of drug-likeness (QED) is 0.830. The molecule has 2 rings (SSSR count). The molecule has 0 spiro atoms. The van der Waals surface area contributed by atoms with Crippen LogP contribution in [-0.2, 0) is 6.18 Å². The van der Waals surface area contributed by atoms with Gasteiger partial charge in [-0.1, -0.05) is 11.6 Å². The second-order valence-electron chi connectivity index (χ2n) is 3.33. The molecule has 0 aliphatic rings. The average molecular weight is 263 g/mol. The fourth-order valence-electron chi connectivity index (χ4n) is 1.38. The normalized spacial score (nSPS) is 11.8. The third-order valence-corrected chi connectivity index (χ3v) is 2.47. The smallest absolute Gasteiger partial charge is 0.416 e.